The van der Waals surface area contributed by atoms with Crippen molar-refractivity contribution in [3.8, 4) is 0 Å². The largest absolute Gasteiger partial charge is 0.342 e. The zero-order valence-electron chi connectivity index (χ0n) is 14.9. The summed E-state index contributed by atoms with van der Waals surface area (Å²) in [6.07, 6.45) is 3.83. The van der Waals surface area contributed by atoms with Crippen molar-refractivity contribution in [2.24, 2.45) is 7.05 Å². The van der Waals surface area contributed by atoms with Gasteiger partial charge < -0.3 is 9.88 Å². The fourth-order valence-electron chi connectivity index (χ4n) is 2.84. The van der Waals surface area contributed by atoms with Crippen LogP contribution in [0.15, 0.2) is 71.5 Å². The van der Waals surface area contributed by atoms with E-state index in [-0.39, 0.29) is 30.6 Å². The van der Waals surface area contributed by atoms with Gasteiger partial charge in [0.25, 0.3) is 0 Å². The van der Waals surface area contributed by atoms with Crippen LogP contribution in [0, 0.1) is 0 Å². The summed E-state index contributed by atoms with van der Waals surface area (Å²) < 4.78 is 2.79. The van der Waals surface area contributed by atoms with E-state index in [9.17, 15) is 9.59 Å². The maximum atomic E-state index is 12.5. The van der Waals surface area contributed by atoms with Crippen LogP contribution in [0.4, 0.5) is 0 Å². The van der Waals surface area contributed by atoms with E-state index in [4.69, 9.17) is 0 Å². The minimum absolute atomic E-state index is 0.0501. The second-order valence-corrected chi connectivity index (χ2v) is 7.15. The van der Waals surface area contributed by atoms with Crippen molar-refractivity contribution in [1.29, 1.82) is 0 Å². The second-order valence-electron chi connectivity index (χ2n) is 6.24. The van der Waals surface area contributed by atoms with Crippen LogP contribution in [-0.4, -0.2) is 21.2 Å². The molecule has 6 heteroatoms. The summed E-state index contributed by atoms with van der Waals surface area (Å²) in [5, 5.41) is 3.01. The zero-order chi connectivity index (χ0) is 19.2. The molecule has 0 aliphatic carbocycles. The molecule has 2 aromatic carbocycles. The maximum Gasteiger partial charge on any atom is 0.221 e. The molecule has 1 atom stereocenters. The number of hydrogen-bond donors (Lipinski definition) is 1. The monoisotopic (exact) mass is 425 g/mol. The molecule has 3 aromatic rings. The van der Waals surface area contributed by atoms with Crippen LogP contribution in [0.3, 0.4) is 0 Å². The topological polar surface area (TPSA) is 64.0 Å². The lowest BCUT2D eigenvalue weighted by atomic mass is 10.0. The number of aryl methyl sites for hydroxylation is 1. The Labute approximate surface area is 166 Å². The molecule has 0 bridgehead atoms. The van der Waals surface area contributed by atoms with Crippen LogP contribution < -0.4 is 5.32 Å². The summed E-state index contributed by atoms with van der Waals surface area (Å²) in [6.45, 7) is 0. The lowest BCUT2D eigenvalue weighted by Gasteiger charge is -2.19. The Morgan fingerprint density at radius 3 is 2.41 bits per heavy atom. The highest BCUT2D eigenvalue weighted by molar-refractivity contribution is 9.10. The molecule has 0 saturated carbocycles. The summed E-state index contributed by atoms with van der Waals surface area (Å²) >= 11 is 3.35. The van der Waals surface area contributed by atoms with E-state index in [1.807, 2.05) is 60.3 Å². The molecule has 1 unspecified atom stereocenters. The number of nitrogens with zero attached hydrogens (tertiary/aromatic N) is 2. The Bertz CT molecular complexity index is 920. The lowest BCUT2D eigenvalue weighted by molar-refractivity contribution is -0.121. The van der Waals surface area contributed by atoms with Crippen molar-refractivity contribution >= 4 is 27.6 Å². The minimum atomic E-state index is -0.360. The van der Waals surface area contributed by atoms with Gasteiger partial charge in [-0.15, -0.1) is 0 Å². The molecule has 0 radical (unpaired) electrons. The number of amides is 1. The number of aromatic nitrogens is 2. The molecule has 1 aromatic heterocycles. The predicted octanol–water partition coefficient (Wildman–Crippen LogP) is 4.05. The second kappa shape index (κ2) is 8.77. The fraction of sp³-hybridized carbons (Fsp3) is 0.190. The van der Waals surface area contributed by atoms with E-state index in [1.54, 1.807) is 18.3 Å². The Hall–Kier alpha value is -2.73. The van der Waals surface area contributed by atoms with Crippen LogP contribution in [0.5, 0.6) is 0 Å². The van der Waals surface area contributed by atoms with Gasteiger partial charge in [-0.1, -0.05) is 58.4 Å². The van der Waals surface area contributed by atoms with Crippen LogP contribution in [0.1, 0.15) is 40.6 Å². The first-order valence-electron chi connectivity index (χ1n) is 8.65. The Kier molecular flexibility index (Phi) is 6.19. The van der Waals surface area contributed by atoms with Crippen molar-refractivity contribution < 1.29 is 9.59 Å². The Morgan fingerprint density at radius 1 is 1.07 bits per heavy atom. The van der Waals surface area contributed by atoms with Gasteiger partial charge in [-0.05, 0) is 17.7 Å². The van der Waals surface area contributed by atoms with E-state index in [1.165, 1.54) is 0 Å². The first-order chi connectivity index (χ1) is 13.0. The summed E-state index contributed by atoms with van der Waals surface area (Å²) in [6, 6.07) is 16.5. The highest BCUT2D eigenvalue weighted by atomic mass is 79.9. The molecule has 0 saturated heterocycles. The van der Waals surface area contributed by atoms with Gasteiger partial charge in [0, 0.05) is 42.3 Å². The average molecular weight is 426 g/mol. The van der Waals surface area contributed by atoms with E-state index in [0.717, 1.165) is 15.9 Å². The van der Waals surface area contributed by atoms with Gasteiger partial charge in [0.15, 0.2) is 5.78 Å². The molecular weight excluding hydrogens is 406 g/mol. The third-order valence-corrected chi connectivity index (χ3v) is 4.83. The number of ketones is 1. The Balaban J connectivity index is 1.67. The quantitative estimate of drug-likeness (QED) is 0.580. The van der Waals surface area contributed by atoms with Gasteiger partial charge in [0.1, 0.15) is 11.9 Å². The molecule has 1 N–H and O–H groups in total. The highest BCUT2D eigenvalue weighted by Crippen LogP contribution is 2.20. The zero-order valence-corrected chi connectivity index (χ0v) is 16.5. The van der Waals surface area contributed by atoms with Gasteiger partial charge in [-0.25, -0.2) is 4.98 Å². The van der Waals surface area contributed by atoms with Crippen LogP contribution in [0.2, 0.25) is 0 Å². The van der Waals surface area contributed by atoms with Gasteiger partial charge in [-0.2, -0.15) is 0 Å². The van der Waals surface area contributed by atoms with Crippen molar-refractivity contribution in [3.63, 3.8) is 0 Å². The smallest absolute Gasteiger partial charge is 0.221 e. The number of benzene rings is 2. The third-order valence-electron chi connectivity index (χ3n) is 4.30. The lowest BCUT2D eigenvalue weighted by Crippen LogP contribution is -2.31. The number of halogens is 1. The molecule has 0 aliphatic heterocycles. The average Bonchev–Trinajstić information content (AvgIpc) is 3.11. The first kappa shape index (κ1) is 19.0. The summed E-state index contributed by atoms with van der Waals surface area (Å²) in [4.78, 5) is 29.2. The molecule has 3 rings (SSSR count). The van der Waals surface area contributed by atoms with Gasteiger partial charge in [-0.3, -0.25) is 9.59 Å². The summed E-state index contributed by atoms with van der Waals surface area (Å²) in [5.74, 6) is 0.511. The SMILES string of the molecule is Cn1ccnc1C(NC(=O)CCC(=O)c1ccc(Br)cc1)c1ccccc1. The molecule has 1 amide bonds. The van der Waals surface area contributed by atoms with E-state index < -0.39 is 0 Å². The van der Waals surface area contributed by atoms with Gasteiger partial charge in [0.2, 0.25) is 5.91 Å². The molecule has 0 spiro atoms. The number of hydrogen-bond acceptors (Lipinski definition) is 3. The number of carbonyl (C=O) groups is 2. The van der Waals surface area contributed by atoms with Crippen molar-refractivity contribution in [2.75, 3.05) is 0 Å². The van der Waals surface area contributed by atoms with Gasteiger partial charge >= 0.3 is 0 Å². The number of carbonyl (C=O) groups excluding carboxylic acids is 2. The van der Waals surface area contributed by atoms with E-state index in [2.05, 4.69) is 26.2 Å². The van der Waals surface area contributed by atoms with Crippen LogP contribution >= 0.6 is 15.9 Å². The molecular formula is C21H20BrN3O2. The molecule has 0 fully saturated rings. The number of nitrogens with one attached hydrogen (secondary N) is 1. The predicted molar refractivity (Wildman–Crippen MR) is 107 cm³/mol. The molecule has 138 valence electrons. The van der Waals surface area contributed by atoms with E-state index in [0.29, 0.717) is 5.56 Å². The number of rotatable bonds is 7. The van der Waals surface area contributed by atoms with Crippen molar-refractivity contribution in [2.45, 2.75) is 18.9 Å². The van der Waals surface area contributed by atoms with Crippen molar-refractivity contribution in [3.05, 3.63) is 88.4 Å². The maximum absolute atomic E-state index is 12.5. The van der Waals surface area contributed by atoms with Crippen LogP contribution in [-0.2, 0) is 11.8 Å². The minimum Gasteiger partial charge on any atom is -0.342 e. The van der Waals surface area contributed by atoms with Crippen molar-refractivity contribution in [1.82, 2.24) is 14.9 Å². The summed E-state index contributed by atoms with van der Waals surface area (Å²) in [7, 11) is 1.89. The normalized spacial score (nSPS) is 11.8. The summed E-state index contributed by atoms with van der Waals surface area (Å²) in [5.41, 5.74) is 1.55. The molecule has 1 heterocycles. The van der Waals surface area contributed by atoms with E-state index >= 15 is 0 Å². The third kappa shape index (κ3) is 4.92. The number of Topliss-reactive ketones (excluding diaryl/α,β-unsaturated/α-hetero) is 1. The Morgan fingerprint density at radius 2 is 1.78 bits per heavy atom. The highest BCUT2D eigenvalue weighted by Gasteiger charge is 2.21. The standard InChI is InChI=1S/C21H20BrN3O2/c1-25-14-13-23-21(25)20(16-5-3-2-4-6-16)24-19(27)12-11-18(26)15-7-9-17(22)10-8-15/h2-10,13-14,20H,11-12H2,1H3,(H,24,27). The number of imidazole rings is 1. The molecule has 0 aliphatic rings. The first-order valence-corrected chi connectivity index (χ1v) is 9.44. The fourth-order valence-corrected chi connectivity index (χ4v) is 3.10. The molecule has 5 nitrogen and oxygen atoms in total. The van der Waals surface area contributed by atoms with Crippen LogP contribution in [0.25, 0.3) is 0 Å². The van der Waals surface area contributed by atoms with Gasteiger partial charge in [0.05, 0.1) is 0 Å². The molecule has 27 heavy (non-hydrogen) atoms.